The number of aliphatic hydroxyl groups excluding tert-OH is 1. The summed E-state index contributed by atoms with van der Waals surface area (Å²) in [4.78, 5) is 24.2. The Morgan fingerprint density at radius 2 is 0.935 bits per heavy atom. The number of allylic oxidation sites excluding steroid dienone is 14. The fraction of sp³-hybridized carbons (Fsp3) is 0.610. The number of rotatable bonds is 31. The van der Waals surface area contributed by atoms with Crippen LogP contribution in [0.5, 0.6) is 0 Å². The third kappa shape index (κ3) is 34.0. The van der Waals surface area contributed by atoms with Crippen LogP contribution in [0.15, 0.2) is 85.1 Å². The van der Waals surface area contributed by atoms with Crippen LogP contribution in [0.2, 0.25) is 0 Å². The standard InChI is InChI=1S/C41H66O5/c1-3-5-7-9-11-13-15-17-19-20-22-24-26-28-30-32-34-36-41(44)46-39(37-42)38-45-40(43)35-33-31-29-27-25-23-21-18-16-14-12-10-8-6-4-2/h5,7,11-14,17-19,21-22,24-25,27,39,42H,3-4,6,8-10,15-16,20,23,26,28-38H2,1-2H3/t39-/m0/s1. The summed E-state index contributed by atoms with van der Waals surface area (Å²) in [7, 11) is 0. The molecule has 0 aromatic rings. The van der Waals surface area contributed by atoms with E-state index in [1.54, 1.807) is 0 Å². The number of carbonyl (C=O) groups excluding carboxylic acids is 2. The summed E-state index contributed by atoms with van der Waals surface area (Å²) in [5, 5.41) is 9.53. The van der Waals surface area contributed by atoms with E-state index in [1.165, 1.54) is 25.7 Å². The molecular weight excluding hydrogens is 572 g/mol. The SMILES string of the molecule is CCC=CCC=CCC=CCC=CCCCCCCC(=O)O[C@@H](CO)COC(=O)CCCCC=CCC=CCC=CCCCCC. The molecule has 0 unspecified atom stereocenters. The lowest BCUT2D eigenvalue weighted by Gasteiger charge is -2.15. The topological polar surface area (TPSA) is 72.8 Å². The van der Waals surface area contributed by atoms with Crippen LogP contribution in [-0.2, 0) is 19.1 Å². The molecular formula is C41H66O5. The van der Waals surface area contributed by atoms with Gasteiger partial charge in [0.15, 0.2) is 6.10 Å². The van der Waals surface area contributed by atoms with Gasteiger partial charge in [-0.2, -0.15) is 0 Å². The van der Waals surface area contributed by atoms with Gasteiger partial charge in [0.25, 0.3) is 0 Å². The Morgan fingerprint density at radius 1 is 0.522 bits per heavy atom. The first kappa shape index (κ1) is 43.1. The van der Waals surface area contributed by atoms with Crippen LogP contribution in [0.25, 0.3) is 0 Å². The van der Waals surface area contributed by atoms with Gasteiger partial charge < -0.3 is 14.6 Å². The number of hydrogen-bond donors (Lipinski definition) is 1. The molecule has 0 radical (unpaired) electrons. The molecule has 0 aliphatic rings. The van der Waals surface area contributed by atoms with Crippen molar-refractivity contribution in [3.63, 3.8) is 0 Å². The van der Waals surface area contributed by atoms with E-state index in [4.69, 9.17) is 9.47 Å². The number of aliphatic hydroxyl groups is 1. The van der Waals surface area contributed by atoms with Gasteiger partial charge in [-0.15, -0.1) is 0 Å². The predicted molar refractivity (Wildman–Crippen MR) is 196 cm³/mol. The average molecular weight is 639 g/mol. The summed E-state index contributed by atoms with van der Waals surface area (Å²) in [6, 6.07) is 0. The minimum absolute atomic E-state index is 0.101. The van der Waals surface area contributed by atoms with Gasteiger partial charge in [-0.25, -0.2) is 0 Å². The normalized spacial score (nSPS) is 13.2. The molecule has 0 aromatic carbocycles. The van der Waals surface area contributed by atoms with Gasteiger partial charge in [-0.05, 0) is 89.9 Å². The van der Waals surface area contributed by atoms with Crippen molar-refractivity contribution >= 4 is 11.9 Å². The molecule has 0 fully saturated rings. The molecule has 1 atom stereocenters. The van der Waals surface area contributed by atoms with Gasteiger partial charge in [0.1, 0.15) is 6.61 Å². The van der Waals surface area contributed by atoms with E-state index < -0.39 is 6.10 Å². The minimum atomic E-state index is -0.804. The molecule has 46 heavy (non-hydrogen) atoms. The van der Waals surface area contributed by atoms with Crippen molar-refractivity contribution in [2.75, 3.05) is 13.2 Å². The second-order valence-corrected chi connectivity index (χ2v) is 11.6. The second kappa shape index (κ2) is 36.5. The monoisotopic (exact) mass is 638 g/mol. The lowest BCUT2D eigenvalue weighted by Crippen LogP contribution is -2.28. The van der Waals surface area contributed by atoms with Crippen molar-refractivity contribution in [2.45, 2.75) is 148 Å². The molecule has 0 spiro atoms. The fourth-order valence-corrected chi connectivity index (χ4v) is 4.43. The lowest BCUT2D eigenvalue weighted by atomic mass is 10.1. The molecule has 0 aliphatic carbocycles. The first-order chi connectivity index (χ1) is 22.6. The highest BCUT2D eigenvalue weighted by molar-refractivity contribution is 5.70. The number of carbonyl (C=O) groups is 2. The molecule has 0 bridgehead atoms. The Morgan fingerprint density at radius 3 is 1.43 bits per heavy atom. The van der Waals surface area contributed by atoms with Crippen LogP contribution in [0.4, 0.5) is 0 Å². The Hall–Kier alpha value is -2.92. The van der Waals surface area contributed by atoms with Crippen molar-refractivity contribution in [1.29, 1.82) is 0 Å². The average Bonchev–Trinajstić information content (AvgIpc) is 3.06. The summed E-state index contributed by atoms with van der Waals surface area (Å²) < 4.78 is 10.5. The molecule has 0 saturated carbocycles. The third-order valence-corrected chi connectivity index (χ3v) is 7.17. The Labute approximate surface area is 282 Å². The predicted octanol–water partition coefficient (Wildman–Crippen LogP) is 11.2. The van der Waals surface area contributed by atoms with E-state index in [1.807, 2.05) is 0 Å². The van der Waals surface area contributed by atoms with Gasteiger partial charge in [0, 0.05) is 12.8 Å². The van der Waals surface area contributed by atoms with E-state index in [2.05, 4.69) is 98.9 Å². The molecule has 0 rings (SSSR count). The summed E-state index contributed by atoms with van der Waals surface area (Å²) in [5.74, 6) is -0.674. The van der Waals surface area contributed by atoms with Crippen molar-refractivity contribution in [3.05, 3.63) is 85.1 Å². The molecule has 5 heteroatoms. The maximum Gasteiger partial charge on any atom is 0.306 e. The van der Waals surface area contributed by atoms with E-state index >= 15 is 0 Å². The summed E-state index contributed by atoms with van der Waals surface area (Å²) in [6.07, 6.45) is 49.2. The zero-order valence-corrected chi connectivity index (χ0v) is 29.3. The second-order valence-electron chi connectivity index (χ2n) is 11.6. The summed E-state index contributed by atoms with van der Waals surface area (Å²) in [5.41, 5.74) is 0. The molecule has 0 aromatic heterocycles. The van der Waals surface area contributed by atoms with Crippen molar-refractivity contribution in [2.24, 2.45) is 0 Å². The zero-order valence-electron chi connectivity index (χ0n) is 29.3. The zero-order chi connectivity index (χ0) is 33.6. The molecule has 0 amide bonds. The molecule has 0 heterocycles. The Kier molecular flexibility index (Phi) is 34.2. The molecule has 0 aliphatic heterocycles. The van der Waals surface area contributed by atoms with Crippen LogP contribution in [-0.4, -0.2) is 36.4 Å². The van der Waals surface area contributed by atoms with Crippen LogP contribution < -0.4 is 0 Å². The van der Waals surface area contributed by atoms with Crippen molar-refractivity contribution in [1.82, 2.24) is 0 Å². The first-order valence-corrected chi connectivity index (χ1v) is 18.1. The number of unbranched alkanes of at least 4 members (excludes halogenated alkanes) is 9. The van der Waals surface area contributed by atoms with Gasteiger partial charge >= 0.3 is 11.9 Å². The quantitative estimate of drug-likeness (QED) is 0.0465. The van der Waals surface area contributed by atoms with E-state index in [-0.39, 0.29) is 25.2 Å². The Bertz CT molecular complexity index is 906. The van der Waals surface area contributed by atoms with Crippen molar-refractivity contribution < 1.29 is 24.2 Å². The van der Waals surface area contributed by atoms with Gasteiger partial charge in [-0.3, -0.25) is 9.59 Å². The maximum absolute atomic E-state index is 12.1. The molecule has 1 N–H and O–H groups in total. The largest absolute Gasteiger partial charge is 0.462 e. The van der Waals surface area contributed by atoms with Gasteiger partial charge in [0.05, 0.1) is 6.61 Å². The molecule has 5 nitrogen and oxygen atoms in total. The van der Waals surface area contributed by atoms with E-state index in [0.29, 0.717) is 12.8 Å². The van der Waals surface area contributed by atoms with Gasteiger partial charge in [0.2, 0.25) is 0 Å². The van der Waals surface area contributed by atoms with Crippen molar-refractivity contribution in [3.8, 4) is 0 Å². The molecule has 0 saturated heterocycles. The van der Waals surface area contributed by atoms with E-state index in [9.17, 15) is 14.7 Å². The first-order valence-electron chi connectivity index (χ1n) is 18.1. The summed E-state index contributed by atoms with van der Waals surface area (Å²) in [6.45, 7) is 3.91. The van der Waals surface area contributed by atoms with E-state index in [0.717, 1.165) is 89.9 Å². The highest BCUT2D eigenvalue weighted by atomic mass is 16.6. The van der Waals surface area contributed by atoms with Crippen LogP contribution in [0.1, 0.15) is 142 Å². The number of ether oxygens (including phenoxy) is 2. The number of hydrogen-bond acceptors (Lipinski definition) is 5. The smallest absolute Gasteiger partial charge is 0.306 e. The van der Waals surface area contributed by atoms with Crippen LogP contribution in [0.3, 0.4) is 0 Å². The maximum atomic E-state index is 12.1. The van der Waals surface area contributed by atoms with Gasteiger partial charge in [-0.1, -0.05) is 125 Å². The number of esters is 2. The Balaban J connectivity index is 3.73. The minimum Gasteiger partial charge on any atom is -0.462 e. The van der Waals surface area contributed by atoms with Crippen LogP contribution in [0, 0.1) is 0 Å². The molecule has 260 valence electrons. The highest BCUT2D eigenvalue weighted by Crippen LogP contribution is 2.09. The fourth-order valence-electron chi connectivity index (χ4n) is 4.43. The summed E-state index contributed by atoms with van der Waals surface area (Å²) >= 11 is 0. The highest BCUT2D eigenvalue weighted by Gasteiger charge is 2.16. The van der Waals surface area contributed by atoms with Crippen LogP contribution >= 0.6 is 0 Å². The third-order valence-electron chi connectivity index (χ3n) is 7.17. The lowest BCUT2D eigenvalue weighted by molar-refractivity contribution is -0.161.